The molecule has 2 saturated heterocycles. The summed E-state index contributed by atoms with van der Waals surface area (Å²) in [6.07, 6.45) is 3.97. The topological polar surface area (TPSA) is 83.0 Å². The lowest BCUT2D eigenvalue weighted by atomic mass is 9.96. The van der Waals surface area contributed by atoms with Crippen molar-refractivity contribution in [1.29, 1.82) is 0 Å². The van der Waals surface area contributed by atoms with E-state index in [-0.39, 0.29) is 6.10 Å². The van der Waals surface area contributed by atoms with Crippen LogP contribution >= 0.6 is 11.3 Å². The highest BCUT2D eigenvalue weighted by atomic mass is 32.2. The van der Waals surface area contributed by atoms with E-state index in [1.54, 1.807) is 13.1 Å². The molecule has 0 saturated carbocycles. The first-order valence-corrected chi connectivity index (χ1v) is 10.3. The Morgan fingerprint density at radius 3 is 2.79 bits per heavy atom. The van der Waals surface area contributed by atoms with Gasteiger partial charge in [-0.05, 0) is 31.4 Å². The van der Waals surface area contributed by atoms with Gasteiger partial charge in [-0.3, -0.25) is 4.99 Å². The maximum Gasteiger partial charge on any atom is 0.252 e. The first kappa shape index (κ1) is 17.7. The number of aliphatic imine (C=N–C) groups is 1. The van der Waals surface area contributed by atoms with Crippen molar-refractivity contribution in [3.05, 3.63) is 17.0 Å². The van der Waals surface area contributed by atoms with Gasteiger partial charge in [0.2, 0.25) is 0 Å². The lowest BCUT2D eigenvalue weighted by molar-refractivity contribution is 0.0992. The molecule has 2 fully saturated rings. The normalized spacial score (nSPS) is 27.0. The monoisotopic (exact) mass is 372 g/mol. The highest BCUT2D eigenvalue weighted by Crippen LogP contribution is 2.34. The van der Waals surface area contributed by atoms with E-state index in [1.807, 2.05) is 6.07 Å². The number of nitrogens with one attached hydrogen (secondary N) is 2. The first-order valence-electron chi connectivity index (χ1n) is 8.04. The molecule has 7 nitrogen and oxygen atoms in total. The van der Waals surface area contributed by atoms with Crippen LogP contribution in [0.15, 0.2) is 21.3 Å². The third-order valence-electron chi connectivity index (χ3n) is 4.45. The predicted octanol–water partition coefficient (Wildman–Crippen LogP) is 0.983. The molecule has 3 unspecified atom stereocenters. The summed E-state index contributed by atoms with van der Waals surface area (Å²) in [5.41, 5.74) is 0. The zero-order valence-electron chi connectivity index (χ0n) is 14.2. The summed E-state index contributed by atoms with van der Waals surface area (Å²) in [5, 5.41) is 6.67. The third kappa shape index (κ3) is 3.58. The number of guanidine groups is 1. The van der Waals surface area contributed by atoms with Crippen molar-refractivity contribution in [3.63, 3.8) is 0 Å². The van der Waals surface area contributed by atoms with Crippen molar-refractivity contribution in [3.8, 4) is 0 Å². The Bertz CT molecular complexity index is 714. The second kappa shape index (κ2) is 6.99. The average Bonchev–Trinajstić information content (AvgIpc) is 3.27. The number of rotatable bonds is 5. The van der Waals surface area contributed by atoms with E-state index >= 15 is 0 Å². The molecule has 9 heteroatoms. The van der Waals surface area contributed by atoms with Crippen molar-refractivity contribution in [2.75, 3.05) is 21.1 Å². The number of nitrogens with zero attached hydrogens (tertiary/aromatic N) is 2. The summed E-state index contributed by atoms with van der Waals surface area (Å²) in [4.78, 5) is 5.20. The summed E-state index contributed by atoms with van der Waals surface area (Å²) in [6.45, 7) is 0.537. The van der Waals surface area contributed by atoms with Gasteiger partial charge in [-0.25, -0.2) is 12.7 Å². The molecule has 0 amide bonds. The molecule has 0 aliphatic carbocycles. The van der Waals surface area contributed by atoms with Crippen molar-refractivity contribution in [2.24, 2.45) is 4.99 Å². The molecule has 3 heterocycles. The lowest BCUT2D eigenvalue weighted by Gasteiger charge is -2.22. The van der Waals surface area contributed by atoms with Gasteiger partial charge in [-0.15, -0.1) is 11.3 Å². The molecule has 2 aliphatic heterocycles. The van der Waals surface area contributed by atoms with Crippen LogP contribution < -0.4 is 10.6 Å². The summed E-state index contributed by atoms with van der Waals surface area (Å²) in [6, 6.07) is 3.79. The first-order chi connectivity index (χ1) is 11.4. The smallest absolute Gasteiger partial charge is 0.252 e. The molecule has 2 N–H and O–H groups in total. The van der Waals surface area contributed by atoms with E-state index < -0.39 is 10.0 Å². The van der Waals surface area contributed by atoms with Gasteiger partial charge < -0.3 is 15.4 Å². The Morgan fingerprint density at radius 2 is 2.21 bits per heavy atom. The van der Waals surface area contributed by atoms with E-state index in [1.165, 1.54) is 29.7 Å². The molecule has 0 radical (unpaired) electrons. The standard InChI is InChI=1S/C15H24N4O3S2/c1-16-15(18-12-8-10-4-6-13(12)22-10)17-9-11-5-7-14(23-11)24(20,21)19(2)3/h5,7,10,12-13H,4,6,8-9H2,1-3H3,(H2,16,17,18). The molecule has 0 aromatic carbocycles. The molecule has 2 bridgehead atoms. The summed E-state index contributed by atoms with van der Waals surface area (Å²) in [5.74, 6) is 0.724. The summed E-state index contributed by atoms with van der Waals surface area (Å²) in [7, 11) is 1.45. The van der Waals surface area contributed by atoms with Crippen LogP contribution in [0, 0.1) is 0 Å². The summed E-state index contributed by atoms with van der Waals surface area (Å²) >= 11 is 1.28. The van der Waals surface area contributed by atoms with Gasteiger partial charge >= 0.3 is 0 Å². The highest BCUT2D eigenvalue weighted by molar-refractivity contribution is 7.91. The number of hydrogen-bond acceptors (Lipinski definition) is 5. The fourth-order valence-electron chi connectivity index (χ4n) is 3.10. The number of thiophene rings is 1. The fourth-order valence-corrected chi connectivity index (χ4v) is 5.57. The van der Waals surface area contributed by atoms with E-state index in [2.05, 4.69) is 15.6 Å². The second-order valence-corrected chi connectivity index (χ2v) is 9.84. The van der Waals surface area contributed by atoms with E-state index in [9.17, 15) is 8.42 Å². The molecule has 24 heavy (non-hydrogen) atoms. The van der Waals surface area contributed by atoms with Gasteiger partial charge in [0.25, 0.3) is 10.0 Å². The van der Waals surface area contributed by atoms with Crippen LogP contribution in [0.4, 0.5) is 0 Å². The number of ether oxygens (including phenoxy) is 1. The van der Waals surface area contributed by atoms with E-state index in [4.69, 9.17) is 4.74 Å². The second-order valence-electron chi connectivity index (χ2n) is 6.29. The molecule has 134 valence electrons. The van der Waals surface area contributed by atoms with Gasteiger partial charge in [-0.2, -0.15) is 0 Å². The van der Waals surface area contributed by atoms with Crippen LogP contribution in [-0.4, -0.2) is 58.1 Å². The van der Waals surface area contributed by atoms with Crippen LogP contribution in [0.1, 0.15) is 24.1 Å². The van der Waals surface area contributed by atoms with Crippen molar-refractivity contribution >= 4 is 27.3 Å². The number of hydrogen-bond donors (Lipinski definition) is 2. The molecule has 1 aromatic heterocycles. The molecular formula is C15H24N4O3S2. The van der Waals surface area contributed by atoms with Crippen LogP contribution in [0.3, 0.4) is 0 Å². The van der Waals surface area contributed by atoms with E-state index in [0.29, 0.717) is 22.9 Å². The Kier molecular flexibility index (Phi) is 5.14. The van der Waals surface area contributed by atoms with Gasteiger partial charge in [0.15, 0.2) is 5.96 Å². The Labute approximate surface area is 147 Å². The number of sulfonamides is 1. The molecule has 1 aromatic rings. The third-order valence-corrected chi connectivity index (χ3v) is 7.82. The maximum absolute atomic E-state index is 12.1. The Balaban J connectivity index is 1.56. The largest absolute Gasteiger partial charge is 0.373 e. The highest BCUT2D eigenvalue weighted by Gasteiger charge is 2.41. The van der Waals surface area contributed by atoms with Crippen molar-refractivity contribution < 1.29 is 13.2 Å². The van der Waals surface area contributed by atoms with Crippen LogP contribution in [0.5, 0.6) is 0 Å². The van der Waals surface area contributed by atoms with Gasteiger partial charge in [0.1, 0.15) is 4.21 Å². The minimum atomic E-state index is -3.36. The summed E-state index contributed by atoms with van der Waals surface area (Å²) < 4.78 is 31.6. The molecule has 3 atom stereocenters. The van der Waals surface area contributed by atoms with Crippen LogP contribution in [0.25, 0.3) is 0 Å². The van der Waals surface area contributed by atoms with Gasteiger partial charge in [-0.1, -0.05) is 0 Å². The lowest BCUT2D eigenvalue weighted by Crippen LogP contribution is -2.47. The molecule has 0 spiro atoms. The van der Waals surface area contributed by atoms with Crippen molar-refractivity contribution in [2.45, 2.75) is 48.3 Å². The van der Waals surface area contributed by atoms with Gasteiger partial charge in [0.05, 0.1) is 24.8 Å². The molecular weight excluding hydrogens is 348 g/mol. The van der Waals surface area contributed by atoms with Crippen LogP contribution in [-0.2, 0) is 21.3 Å². The number of fused-ring (bicyclic) bond motifs is 2. The SMILES string of the molecule is CN=C(NCc1ccc(S(=O)(=O)N(C)C)s1)NC1CC2CCC1O2. The average molecular weight is 373 g/mol. The molecule has 2 aliphatic rings. The maximum atomic E-state index is 12.1. The molecule has 3 rings (SSSR count). The van der Waals surface area contributed by atoms with E-state index in [0.717, 1.165) is 30.1 Å². The zero-order valence-corrected chi connectivity index (χ0v) is 15.8. The minimum absolute atomic E-state index is 0.284. The predicted molar refractivity (Wildman–Crippen MR) is 94.8 cm³/mol. The quantitative estimate of drug-likeness (QED) is 0.595. The van der Waals surface area contributed by atoms with Crippen LogP contribution in [0.2, 0.25) is 0 Å². The zero-order chi connectivity index (χ0) is 17.3. The minimum Gasteiger partial charge on any atom is -0.373 e. The Hall–Kier alpha value is -1.16. The van der Waals surface area contributed by atoms with Crippen molar-refractivity contribution in [1.82, 2.24) is 14.9 Å². The Morgan fingerprint density at radius 1 is 1.42 bits per heavy atom. The van der Waals surface area contributed by atoms with Gasteiger partial charge in [0, 0.05) is 26.0 Å². The fraction of sp³-hybridized carbons (Fsp3) is 0.667.